The number of carbonyl (C=O) groups excluding carboxylic acids is 2. The highest BCUT2D eigenvalue weighted by Gasteiger charge is 2.26. The molecule has 0 radical (unpaired) electrons. The van der Waals surface area contributed by atoms with Crippen molar-refractivity contribution in [1.29, 1.82) is 0 Å². The molecule has 1 aromatic heterocycles. The first-order valence-corrected chi connectivity index (χ1v) is 7.04. The van der Waals surface area contributed by atoms with E-state index in [0.717, 1.165) is 6.26 Å². The van der Waals surface area contributed by atoms with Crippen molar-refractivity contribution in [2.75, 3.05) is 13.2 Å². The summed E-state index contributed by atoms with van der Waals surface area (Å²) in [7, 11) is 0. The molecule has 5 nitrogen and oxygen atoms in total. The third-order valence-corrected chi connectivity index (χ3v) is 2.94. The number of halogens is 2. The topological polar surface area (TPSA) is 65.5 Å². The summed E-state index contributed by atoms with van der Waals surface area (Å²) >= 11 is 11.7. The lowest BCUT2D eigenvalue weighted by Crippen LogP contribution is -2.18. The van der Waals surface area contributed by atoms with Crippen LogP contribution in [0.15, 0.2) is 17.9 Å². The van der Waals surface area contributed by atoms with E-state index in [9.17, 15) is 9.59 Å². The van der Waals surface area contributed by atoms with Crippen LogP contribution in [0.5, 0.6) is 0 Å². The number of ketones is 1. The van der Waals surface area contributed by atoms with E-state index in [1.165, 1.54) is 6.07 Å². The number of pyridine rings is 1. The number of aryl methyl sites for hydroxylation is 1. The Hall–Kier alpha value is -1.59. The van der Waals surface area contributed by atoms with E-state index < -0.39 is 11.8 Å². The average molecular weight is 332 g/mol. The third-order valence-electron chi connectivity index (χ3n) is 2.48. The van der Waals surface area contributed by atoms with Gasteiger partial charge in [0.2, 0.25) is 5.78 Å². The average Bonchev–Trinajstić information content (AvgIpc) is 2.38. The highest BCUT2D eigenvalue weighted by atomic mass is 35.5. The second kappa shape index (κ2) is 8.00. The highest BCUT2D eigenvalue weighted by molar-refractivity contribution is 6.37. The first-order chi connectivity index (χ1) is 9.92. The number of rotatable bonds is 6. The molecule has 0 saturated carbocycles. The summed E-state index contributed by atoms with van der Waals surface area (Å²) < 4.78 is 9.89. The molecule has 21 heavy (non-hydrogen) atoms. The van der Waals surface area contributed by atoms with Gasteiger partial charge in [-0.3, -0.25) is 4.79 Å². The van der Waals surface area contributed by atoms with Crippen molar-refractivity contribution in [3.05, 3.63) is 39.3 Å². The Kier molecular flexibility index (Phi) is 6.65. The van der Waals surface area contributed by atoms with Crippen LogP contribution in [0.25, 0.3) is 0 Å². The van der Waals surface area contributed by atoms with E-state index in [4.69, 9.17) is 32.7 Å². The molecule has 0 unspecified atom stereocenters. The molecule has 0 amide bonds. The number of ether oxygens (including phenoxy) is 2. The summed E-state index contributed by atoms with van der Waals surface area (Å²) in [4.78, 5) is 28.2. The van der Waals surface area contributed by atoms with E-state index in [2.05, 4.69) is 4.98 Å². The number of hydrogen-bond acceptors (Lipinski definition) is 5. The van der Waals surface area contributed by atoms with Crippen molar-refractivity contribution in [1.82, 2.24) is 4.98 Å². The fraction of sp³-hybridized carbons (Fsp3) is 0.357. The van der Waals surface area contributed by atoms with Gasteiger partial charge < -0.3 is 9.47 Å². The zero-order valence-corrected chi connectivity index (χ0v) is 13.4. The molecule has 0 spiro atoms. The van der Waals surface area contributed by atoms with E-state index >= 15 is 0 Å². The van der Waals surface area contributed by atoms with Crippen LogP contribution in [0.3, 0.4) is 0 Å². The molecule has 7 heteroatoms. The standard InChI is InChI=1S/C14H15Cl2NO4/c1-4-20-7-9(14(19)21-5-2)12(18)11-8(3)6-10(15)17-13(11)16/h6-7H,4-5H2,1-3H3. The number of esters is 1. The predicted octanol–water partition coefficient (Wildman–Crippen LogP) is 3.36. The number of nitrogens with zero attached hydrogens (tertiary/aromatic N) is 1. The molecular formula is C14H15Cl2NO4. The van der Waals surface area contributed by atoms with Gasteiger partial charge in [-0.25, -0.2) is 9.78 Å². The van der Waals surface area contributed by atoms with Gasteiger partial charge in [-0.2, -0.15) is 0 Å². The third kappa shape index (κ3) is 4.44. The predicted molar refractivity (Wildman–Crippen MR) is 79.7 cm³/mol. The van der Waals surface area contributed by atoms with Crippen LogP contribution in [0.2, 0.25) is 10.3 Å². The highest BCUT2D eigenvalue weighted by Crippen LogP contribution is 2.24. The van der Waals surface area contributed by atoms with Crippen molar-refractivity contribution in [3.8, 4) is 0 Å². The van der Waals surface area contributed by atoms with Crippen molar-refractivity contribution in [2.45, 2.75) is 20.8 Å². The molecule has 1 heterocycles. The van der Waals surface area contributed by atoms with E-state index in [-0.39, 0.29) is 28.0 Å². The fourth-order valence-corrected chi connectivity index (χ4v) is 2.19. The van der Waals surface area contributed by atoms with Crippen LogP contribution in [0.1, 0.15) is 29.8 Å². The summed E-state index contributed by atoms with van der Waals surface area (Å²) in [6.45, 7) is 5.47. The van der Waals surface area contributed by atoms with Gasteiger partial charge >= 0.3 is 5.97 Å². The van der Waals surface area contributed by atoms with E-state index in [1.807, 2.05) is 0 Å². The van der Waals surface area contributed by atoms with Gasteiger partial charge in [0.15, 0.2) is 0 Å². The van der Waals surface area contributed by atoms with E-state index in [0.29, 0.717) is 12.2 Å². The molecule has 0 fully saturated rings. The van der Waals surface area contributed by atoms with Crippen LogP contribution >= 0.6 is 23.2 Å². The Labute approximate surface area is 132 Å². The normalized spacial score (nSPS) is 11.2. The number of Topliss-reactive ketones (excluding diaryl/α,β-unsaturated/α-hetero) is 1. The number of carbonyl (C=O) groups is 2. The summed E-state index contributed by atoms with van der Waals surface area (Å²) in [5.41, 5.74) is 0.365. The molecule has 114 valence electrons. The van der Waals surface area contributed by atoms with Crippen LogP contribution in [0.4, 0.5) is 0 Å². The lowest BCUT2D eigenvalue weighted by molar-refractivity contribution is -0.138. The summed E-state index contributed by atoms with van der Waals surface area (Å²) in [5.74, 6) is -1.39. The largest absolute Gasteiger partial charge is 0.500 e. The molecule has 0 atom stereocenters. The molecule has 0 bridgehead atoms. The monoisotopic (exact) mass is 331 g/mol. The molecule has 1 aromatic rings. The maximum atomic E-state index is 12.5. The summed E-state index contributed by atoms with van der Waals surface area (Å²) in [5, 5.41) is 0.0946. The second-order valence-corrected chi connectivity index (χ2v) is 4.71. The van der Waals surface area contributed by atoms with Crippen LogP contribution in [0, 0.1) is 6.92 Å². The van der Waals surface area contributed by atoms with Gasteiger partial charge in [0.05, 0.1) is 18.8 Å². The fourth-order valence-electron chi connectivity index (χ4n) is 1.57. The molecule has 0 aliphatic carbocycles. The van der Waals surface area contributed by atoms with Crippen LogP contribution in [-0.2, 0) is 14.3 Å². The zero-order chi connectivity index (χ0) is 16.0. The Morgan fingerprint density at radius 3 is 2.48 bits per heavy atom. The van der Waals surface area contributed by atoms with Gasteiger partial charge in [0, 0.05) is 0 Å². The van der Waals surface area contributed by atoms with Crippen molar-refractivity contribution < 1.29 is 19.1 Å². The lowest BCUT2D eigenvalue weighted by atomic mass is 10.0. The maximum Gasteiger partial charge on any atom is 0.345 e. The van der Waals surface area contributed by atoms with Crippen molar-refractivity contribution in [3.63, 3.8) is 0 Å². The molecule has 0 saturated heterocycles. The molecule has 0 N–H and O–H groups in total. The summed E-state index contributed by atoms with van der Waals surface area (Å²) in [6.07, 6.45) is 1.07. The van der Waals surface area contributed by atoms with Gasteiger partial charge in [-0.1, -0.05) is 23.2 Å². The van der Waals surface area contributed by atoms with Gasteiger partial charge in [-0.15, -0.1) is 0 Å². The molecule has 0 aromatic carbocycles. The summed E-state index contributed by atoms with van der Waals surface area (Å²) in [6, 6.07) is 1.49. The Balaban J connectivity index is 3.26. The SMILES string of the molecule is CCOC=C(C(=O)OCC)C(=O)c1c(C)cc(Cl)nc1Cl. The molecular weight excluding hydrogens is 317 g/mol. The van der Waals surface area contributed by atoms with Gasteiger partial charge in [0.25, 0.3) is 0 Å². The smallest absolute Gasteiger partial charge is 0.345 e. The van der Waals surface area contributed by atoms with Crippen molar-refractivity contribution >= 4 is 35.0 Å². The van der Waals surface area contributed by atoms with Gasteiger partial charge in [0.1, 0.15) is 22.1 Å². The molecule has 0 aliphatic rings. The zero-order valence-electron chi connectivity index (χ0n) is 11.9. The second-order valence-electron chi connectivity index (χ2n) is 3.96. The minimum Gasteiger partial charge on any atom is -0.500 e. The lowest BCUT2D eigenvalue weighted by Gasteiger charge is -2.10. The first-order valence-electron chi connectivity index (χ1n) is 6.28. The minimum absolute atomic E-state index is 0.0725. The number of aromatic nitrogens is 1. The van der Waals surface area contributed by atoms with Crippen LogP contribution in [-0.4, -0.2) is 30.0 Å². The molecule has 0 aliphatic heterocycles. The minimum atomic E-state index is -0.777. The first kappa shape index (κ1) is 17.5. The molecule has 1 rings (SSSR count). The Morgan fingerprint density at radius 1 is 1.29 bits per heavy atom. The Bertz CT molecular complexity index is 561. The van der Waals surface area contributed by atoms with Gasteiger partial charge in [-0.05, 0) is 32.4 Å². The van der Waals surface area contributed by atoms with E-state index in [1.54, 1.807) is 20.8 Å². The van der Waals surface area contributed by atoms with Crippen LogP contribution < -0.4 is 0 Å². The van der Waals surface area contributed by atoms with Crippen molar-refractivity contribution in [2.24, 2.45) is 0 Å². The number of hydrogen-bond donors (Lipinski definition) is 0. The Morgan fingerprint density at radius 2 is 1.95 bits per heavy atom. The maximum absolute atomic E-state index is 12.5. The quantitative estimate of drug-likeness (QED) is 0.152.